The Kier molecular flexibility index (Phi) is 2.59. The van der Waals surface area contributed by atoms with Crippen LogP contribution in [0.1, 0.15) is 38.8 Å². The fourth-order valence-corrected chi connectivity index (χ4v) is 2.32. The van der Waals surface area contributed by atoms with Gasteiger partial charge < -0.3 is 10.3 Å². The van der Waals surface area contributed by atoms with Gasteiger partial charge in [-0.3, -0.25) is 0 Å². The van der Waals surface area contributed by atoms with Gasteiger partial charge >= 0.3 is 0 Å². The van der Waals surface area contributed by atoms with Gasteiger partial charge in [0, 0.05) is 24.5 Å². The molecule has 3 heteroatoms. The van der Waals surface area contributed by atoms with Crippen LogP contribution in [-0.2, 0) is 6.54 Å². The van der Waals surface area contributed by atoms with Crippen molar-refractivity contribution in [2.75, 3.05) is 0 Å². The molecule has 1 aliphatic rings. The van der Waals surface area contributed by atoms with Gasteiger partial charge in [0.15, 0.2) is 0 Å². The molecule has 0 aliphatic heterocycles. The van der Waals surface area contributed by atoms with E-state index in [1.807, 2.05) is 6.20 Å². The molecule has 0 bridgehead atoms. The zero-order chi connectivity index (χ0) is 10.0. The van der Waals surface area contributed by atoms with Gasteiger partial charge in [-0.1, -0.05) is 20.3 Å². The Labute approximate surface area is 85.3 Å². The van der Waals surface area contributed by atoms with Gasteiger partial charge in [0.1, 0.15) is 0 Å². The number of nitrogens with one attached hydrogen (secondary N) is 2. The van der Waals surface area contributed by atoms with E-state index >= 15 is 0 Å². The Balaban J connectivity index is 1.86. The zero-order valence-electron chi connectivity index (χ0n) is 9.01. The van der Waals surface area contributed by atoms with Crippen molar-refractivity contribution < 1.29 is 0 Å². The quantitative estimate of drug-likeness (QED) is 0.771. The summed E-state index contributed by atoms with van der Waals surface area (Å²) in [6, 6.07) is 0.658. The second kappa shape index (κ2) is 3.73. The number of nitrogens with zero attached hydrogens (tertiary/aromatic N) is 1. The lowest BCUT2D eigenvalue weighted by Gasteiger charge is -2.27. The topological polar surface area (TPSA) is 40.7 Å². The van der Waals surface area contributed by atoms with Crippen molar-refractivity contribution in [1.82, 2.24) is 15.3 Å². The Hall–Kier alpha value is -0.830. The molecule has 1 atom stereocenters. The maximum Gasteiger partial charge on any atom is 0.0922 e. The standard InChI is InChI=1S/C11H19N3/c1-11(2)5-3-4-10(11)13-7-9-6-12-8-14-9/h6,8,10,13H,3-5,7H2,1-2H3,(H,12,14). The lowest BCUT2D eigenvalue weighted by Crippen LogP contribution is -2.37. The predicted molar refractivity (Wildman–Crippen MR) is 56.8 cm³/mol. The first-order valence-corrected chi connectivity index (χ1v) is 5.39. The average molecular weight is 193 g/mol. The first-order valence-electron chi connectivity index (χ1n) is 5.39. The van der Waals surface area contributed by atoms with Crippen LogP contribution in [0.4, 0.5) is 0 Å². The first-order chi connectivity index (χ1) is 6.68. The molecule has 1 aromatic rings. The van der Waals surface area contributed by atoms with Gasteiger partial charge in [-0.25, -0.2) is 4.98 Å². The fourth-order valence-electron chi connectivity index (χ4n) is 2.32. The van der Waals surface area contributed by atoms with Crippen molar-refractivity contribution >= 4 is 0 Å². The third-order valence-electron chi connectivity index (χ3n) is 3.35. The second-order valence-corrected chi connectivity index (χ2v) is 4.89. The number of H-pyrrole nitrogens is 1. The molecule has 2 rings (SSSR count). The summed E-state index contributed by atoms with van der Waals surface area (Å²) < 4.78 is 0. The fraction of sp³-hybridized carbons (Fsp3) is 0.727. The molecule has 2 N–H and O–H groups in total. The molecule has 0 radical (unpaired) electrons. The molecule has 14 heavy (non-hydrogen) atoms. The molecule has 0 amide bonds. The summed E-state index contributed by atoms with van der Waals surface area (Å²) in [5.41, 5.74) is 1.63. The largest absolute Gasteiger partial charge is 0.347 e. The highest BCUT2D eigenvalue weighted by atomic mass is 15.0. The van der Waals surface area contributed by atoms with Crippen LogP contribution >= 0.6 is 0 Å². The first kappa shape index (κ1) is 9.71. The molecule has 1 aromatic heterocycles. The summed E-state index contributed by atoms with van der Waals surface area (Å²) in [4.78, 5) is 7.12. The molecular formula is C11H19N3. The van der Waals surface area contributed by atoms with Gasteiger partial charge in [0.05, 0.1) is 6.33 Å². The van der Waals surface area contributed by atoms with E-state index < -0.39 is 0 Å². The molecule has 1 saturated carbocycles. The van der Waals surface area contributed by atoms with Crippen LogP contribution in [0.5, 0.6) is 0 Å². The summed E-state index contributed by atoms with van der Waals surface area (Å²) in [7, 11) is 0. The SMILES string of the molecule is CC1(C)CCCC1NCc1cnc[nH]1. The van der Waals surface area contributed by atoms with E-state index in [-0.39, 0.29) is 0 Å². The number of imidazole rings is 1. The summed E-state index contributed by atoms with van der Waals surface area (Å²) in [5.74, 6) is 0. The van der Waals surface area contributed by atoms with Crippen molar-refractivity contribution in [1.29, 1.82) is 0 Å². The molecule has 3 nitrogen and oxygen atoms in total. The Morgan fingerprint density at radius 3 is 3.07 bits per heavy atom. The van der Waals surface area contributed by atoms with Crippen molar-refractivity contribution in [3.8, 4) is 0 Å². The van der Waals surface area contributed by atoms with Crippen LogP contribution in [0.25, 0.3) is 0 Å². The third-order valence-corrected chi connectivity index (χ3v) is 3.35. The van der Waals surface area contributed by atoms with Crippen LogP contribution in [0.15, 0.2) is 12.5 Å². The third kappa shape index (κ3) is 1.98. The van der Waals surface area contributed by atoms with E-state index in [9.17, 15) is 0 Å². The number of hydrogen-bond acceptors (Lipinski definition) is 2. The molecule has 1 aliphatic carbocycles. The minimum atomic E-state index is 0.458. The van der Waals surface area contributed by atoms with Gasteiger partial charge in [0.25, 0.3) is 0 Å². The molecule has 1 heterocycles. The number of rotatable bonds is 3. The van der Waals surface area contributed by atoms with Crippen molar-refractivity contribution in [3.05, 3.63) is 18.2 Å². The highest BCUT2D eigenvalue weighted by Gasteiger charge is 2.33. The Morgan fingerprint density at radius 1 is 1.64 bits per heavy atom. The molecule has 0 saturated heterocycles. The van der Waals surface area contributed by atoms with Crippen molar-refractivity contribution in [3.63, 3.8) is 0 Å². The smallest absolute Gasteiger partial charge is 0.0922 e. The lowest BCUT2D eigenvalue weighted by atomic mass is 9.87. The summed E-state index contributed by atoms with van der Waals surface area (Å²) in [5, 5.41) is 3.60. The highest BCUT2D eigenvalue weighted by Crippen LogP contribution is 2.37. The lowest BCUT2D eigenvalue weighted by molar-refractivity contribution is 0.282. The normalized spacial score (nSPS) is 25.4. The van der Waals surface area contributed by atoms with E-state index in [2.05, 4.69) is 29.1 Å². The van der Waals surface area contributed by atoms with E-state index in [0.29, 0.717) is 11.5 Å². The van der Waals surface area contributed by atoms with Crippen LogP contribution < -0.4 is 5.32 Å². The van der Waals surface area contributed by atoms with Crippen molar-refractivity contribution in [2.24, 2.45) is 5.41 Å². The molecule has 78 valence electrons. The van der Waals surface area contributed by atoms with Crippen LogP contribution in [-0.4, -0.2) is 16.0 Å². The van der Waals surface area contributed by atoms with E-state index in [4.69, 9.17) is 0 Å². The van der Waals surface area contributed by atoms with Crippen LogP contribution in [0, 0.1) is 5.41 Å². The van der Waals surface area contributed by atoms with Gasteiger partial charge in [-0.2, -0.15) is 0 Å². The van der Waals surface area contributed by atoms with E-state index in [1.54, 1.807) is 6.33 Å². The Morgan fingerprint density at radius 2 is 2.50 bits per heavy atom. The van der Waals surface area contributed by atoms with Crippen molar-refractivity contribution in [2.45, 2.75) is 45.7 Å². The molecule has 1 unspecified atom stereocenters. The number of aromatic nitrogens is 2. The predicted octanol–water partition coefficient (Wildman–Crippen LogP) is 2.08. The molecular weight excluding hydrogens is 174 g/mol. The maximum atomic E-state index is 4.01. The summed E-state index contributed by atoms with van der Waals surface area (Å²) in [6.07, 6.45) is 7.62. The average Bonchev–Trinajstić information content (AvgIpc) is 2.71. The maximum absolute atomic E-state index is 4.01. The molecule has 0 spiro atoms. The van der Waals surface area contributed by atoms with Crippen LogP contribution in [0.3, 0.4) is 0 Å². The molecule has 1 fully saturated rings. The van der Waals surface area contributed by atoms with E-state index in [0.717, 1.165) is 6.54 Å². The zero-order valence-corrected chi connectivity index (χ0v) is 9.01. The van der Waals surface area contributed by atoms with Gasteiger partial charge in [-0.15, -0.1) is 0 Å². The van der Waals surface area contributed by atoms with Gasteiger partial charge in [-0.05, 0) is 18.3 Å². The number of hydrogen-bond donors (Lipinski definition) is 2. The molecule has 0 aromatic carbocycles. The summed E-state index contributed by atoms with van der Waals surface area (Å²) in [6.45, 7) is 5.61. The van der Waals surface area contributed by atoms with E-state index in [1.165, 1.54) is 25.0 Å². The second-order valence-electron chi connectivity index (χ2n) is 4.89. The minimum absolute atomic E-state index is 0.458. The van der Waals surface area contributed by atoms with Gasteiger partial charge in [0.2, 0.25) is 0 Å². The highest BCUT2D eigenvalue weighted by molar-refractivity contribution is 4.96. The number of aromatic amines is 1. The minimum Gasteiger partial charge on any atom is -0.347 e. The summed E-state index contributed by atoms with van der Waals surface area (Å²) >= 11 is 0. The monoisotopic (exact) mass is 193 g/mol. The Bertz CT molecular complexity index is 277. The van der Waals surface area contributed by atoms with Crippen LogP contribution in [0.2, 0.25) is 0 Å².